The Morgan fingerprint density at radius 1 is 1.35 bits per heavy atom. The van der Waals surface area contributed by atoms with E-state index in [1.807, 2.05) is 13.8 Å². The number of carboxylic acid groups (broad SMARTS) is 1. The quantitative estimate of drug-likeness (QED) is 0.416. The van der Waals surface area contributed by atoms with E-state index in [1.54, 1.807) is 6.92 Å². The third-order valence-electron chi connectivity index (χ3n) is 2.54. The molecule has 100 valence electrons. The van der Waals surface area contributed by atoms with Crippen molar-refractivity contribution in [2.45, 2.75) is 63.9 Å². The Labute approximate surface area is 107 Å². The van der Waals surface area contributed by atoms with Crippen molar-refractivity contribution in [3.05, 3.63) is 0 Å². The summed E-state index contributed by atoms with van der Waals surface area (Å²) in [7, 11) is 0. The maximum absolute atomic E-state index is 11.8. The van der Waals surface area contributed by atoms with Crippen LogP contribution in [0.25, 0.3) is 0 Å². The average molecular weight is 265 g/mol. The molecule has 0 aliphatic rings. The molecule has 1 N–H and O–H groups in total. The van der Waals surface area contributed by atoms with Gasteiger partial charge in [0.15, 0.2) is 0 Å². The summed E-state index contributed by atoms with van der Waals surface area (Å²) in [6.07, 6.45) is 2.72. The minimum Gasteiger partial charge on any atom is -0.479 e. The lowest BCUT2D eigenvalue weighted by Gasteiger charge is -2.22. The summed E-state index contributed by atoms with van der Waals surface area (Å²) in [6.45, 7) is 5.61. The third kappa shape index (κ3) is 4.94. The van der Waals surface area contributed by atoms with Crippen molar-refractivity contribution < 1.29 is 19.4 Å². The highest BCUT2D eigenvalue weighted by Crippen LogP contribution is 2.26. The van der Waals surface area contributed by atoms with Gasteiger partial charge in [0.2, 0.25) is 4.87 Å². The van der Waals surface area contributed by atoms with Crippen molar-refractivity contribution in [3.63, 3.8) is 0 Å². The van der Waals surface area contributed by atoms with Crippen LogP contribution >= 0.6 is 11.6 Å². The molecule has 0 aliphatic carbocycles. The van der Waals surface area contributed by atoms with E-state index in [0.717, 1.165) is 12.8 Å². The van der Waals surface area contributed by atoms with Crippen LogP contribution in [-0.4, -0.2) is 28.0 Å². The maximum atomic E-state index is 11.8. The number of carbonyl (C=O) groups is 2. The number of esters is 1. The minimum atomic E-state index is -1.93. The van der Waals surface area contributed by atoms with Gasteiger partial charge < -0.3 is 9.84 Å². The van der Waals surface area contributed by atoms with Crippen LogP contribution in [0, 0.1) is 0 Å². The Kier molecular flexibility index (Phi) is 7.19. The van der Waals surface area contributed by atoms with Crippen molar-refractivity contribution in [3.8, 4) is 0 Å². The Morgan fingerprint density at radius 2 is 1.94 bits per heavy atom. The number of rotatable bonds is 8. The Morgan fingerprint density at radius 3 is 2.35 bits per heavy atom. The highest BCUT2D eigenvalue weighted by Gasteiger charge is 2.45. The Balaban J connectivity index is 4.59. The molecule has 2 unspecified atom stereocenters. The van der Waals surface area contributed by atoms with Crippen LogP contribution < -0.4 is 0 Å². The molecule has 0 saturated carbocycles. The second-order valence-corrected chi connectivity index (χ2v) is 4.86. The summed E-state index contributed by atoms with van der Waals surface area (Å²) >= 11 is 5.87. The van der Waals surface area contributed by atoms with Crippen LogP contribution in [0.2, 0.25) is 0 Å². The molecule has 0 spiro atoms. The fourth-order valence-corrected chi connectivity index (χ4v) is 1.64. The number of carboxylic acids is 1. The molecule has 0 saturated heterocycles. The van der Waals surface area contributed by atoms with Crippen LogP contribution in [-0.2, 0) is 14.3 Å². The molecule has 17 heavy (non-hydrogen) atoms. The first-order valence-electron chi connectivity index (χ1n) is 6.01. The van der Waals surface area contributed by atoms with Crippen molar-refractivity contribution >= 4 is 23.5 Å². The molecular formula is C12H21ClO4. The first kappa shape index (κ1) is 16.2. The van der Waals surface area contributed by atoms with Crippen molar-refractivity contribution in [2.75, 3.05) is 0 Å². The van der Waals surface area contributed by atoms with Crippen LogP contribution in [0.15, 0.2) is 0 Å². The summed E-state index contributed by atoms with van der Waals surface area (Å²) in [5.41, 5.74) is 0. The molecule has 0 amide bonds. The monoisotopic (exact) mass is 264 g/mol. The van der Waals surface area contributed by atoms with Gasteiger partial charge in [0.25, 0.3) is 0 Å². The number of halogens is 1. The lowest BCUT2D eigenvalue weighted by molar-refractivity contribution is -0.160. The zero-order chi connectivity index (χ0) is 13.5. The molecule has 0 aromatic heterocycles. The summed E-state index contributed by atoms with van der Waals surface area (Å²) in [4.78, 5) is 20.9. The standard InChI is InChI=1S/C12H21ClO4/c1-4-6-8-12(13,10(14)15)11(16)17-9(3)7-5-2/h9H,4-8H2,1-3H3,(H,14,15). The molecule has 0 aromatic carbocycles. The van der Waals surface area contributed by atoms with Crippen molar-refractivity contribution in [1.29, 1.82) is 0 Å². The lowest BCUT2D eigenvalue weighted by Crippen LogP contribution is -2.43. The predicted octanol–water partition coefficient (Wildman–Crippen LogP) is 2.97. The second-order valence-electron chi connectivity index (χ2n) is 4.21. The van der Waals surface area contributed by atoms with Gasteiger partial charge in [-0.05, 0) is 19.8 Å². The normalized spacial score (nSPS) is 16.0. The van der Waals surface area contributed by atoms with Crippen molar-refractivity contribution in [2.24, 2.45) is 0 Å². The third-order valence-corrected chi connectivity index (χ3v) is 3.05. The summed E-state index contributed by atoms with van der Waals surface area (Å²) in [5, 5.41) is 9.04. The van der Waals surface area contributed by atoms with Gasteiger partial charge in [-0.2, -0.15) is 0 Å². The molecule has 0 radical (unpaired) electrons. The van der Waals surface area contributed by atoms with Crippen LogP contribution in [0.3, 0.4) is 0 Å². The van der Waals surface area contributed by atoms with Gasteiger partial charge in [-0.3, -0.25) is 0 Å². The Bertz CT molecular complexity index is 267. The predicted molar refractivity (Wildman–Crippen MR) is 66.2 cm³/mol. The fraction of sp³-hybridized carbons (Fsp3) is 0.833. The first-order valence-corrected chi connectivity index (χ1v) is 6.39. The number of carbonyl (C=O) groups excluding carboxylic acids is 1. The van der Waals surface area contributed by atoms with E-state index < -0.39 is 16.8 Å². The molecule has 0 aromatic rings. The van der Waals surface area contributed by atoms with E-state index in [2.05, 4.69) is 0 Å². The largest absolute Gasteiger partial charge is 0.479 e. The minimum absolute atomic E-state index is 0.0953. The molecular weight excluding hydrogens is 244 g/mol. The van der Waals surface area contributed by atoms with Gasteiger partial charge in [-0.25, -0.2) is 9.59 Å². The lowest BCUT2D eigenvalue weighted by atomic mass is 10.0. The smallest absolute Gasteiger partial charge is 0.339 e. The number of aliphatic carboxylic acids is 1. The molecule has 4 nitrogen and oxygen atoms in total. The SMILES string of the molecule is CCCCC(Cl)(C(=O)O)C(=O)OC(C)CCC. The van der Waals surface area contributed by atoms with E-state index in [9.17, 15) is 9.59 Å². The number of hydrogen-bond acceptors (Lipinski definition) is 3. The summed E-state index contributed by atoms with van der Waals surface area (Å²) in [5.74, 6) is -2.18. The first-order chi connectivity index (χ1) is 7.88. The van der Waals surface area contributed by atoms with Crippen LogP contribution in [0.5, 0.6) is 0 Å². The molecule has 0 rings (SSSR count). The molecule has 5 heteroatoms. The average Bonchev–Trinajstić information content (AvgIpc) is 2.25. The fourth-order valence-electron chi connectivity index (χ4n) is 1.46. The highest BCUT2D eigenvalue weighted by atomic mass is 35.5. The van der Waals surface area contributed by atoms with E-state index in [1.165, 1.54) is 0 Å². The van der Waals surface area contributed by atoms with Crippen molar-refractivity contribution in [1.82, 2.24) is 0 Å². The molecule has 0 heterocycles. The highest BCUT2D eigenvalue weighted by molar-refractivity contribution is 6.44. The van der Waals surface area contributed by atoms with Gasteiger partial charge >= 0.3 is 11.9 Å². The van der Waals surface area contributed by atoms with Crippen LogP contribution in [0.4, 0.5) is 0 Å². The van der Waals surface area contributed by atoms with E-state index in [-0.39, 0.29) is 12.5 Å². The zero-order valence-corrected chi connectivity index (χ0v) is 11.4. The van der Waals surface area contributed by atoms with Gasteiger partial charge in [0.05, 0.1) is 6.10 Å². The van der Waals surface area contributed by atoms with Gasteiger partial charge in [0.1, 0.15) is 0 Å². The number of hydrogen-bond donors (Lipinski definition) is 1. The summed E-state index contributed by atoms with van der Waals surface area (Å²) in [6, 6.07) is 0. The van der Waals surface area contributed by atoms with Gasteiger partial charge in [-0.15, -0.1) is 0 Å². The van der Waals surface area contributed by atoms with E-state index in [0.29, 0.717) is 12.8 Å². The van der Waals surface area contributed by atoms with E-state index in [4.69, 9.17) is 21.4 Å². The molecule has 0 fully saturated rings. The molecule has 0 aliphatic heterocycles. The second kappa shape index (κ2) is 7.54. The van der Waals surface area contributed by atoms with Crippen LogP contribution in [0.1, 0.15) is 52.9 Å². The van der Waals surface area contributed by atoms with E-state index >= 15 is 0 Å². The van der Waals surface area contributed by atoms with Gasteiger partial charge in [0, 0.05) is 0 Å². The number of unbranched alkanes of at least 4 members (excludes halogenated alkanes) is 1. The topological polar surface area (TPSA) is 63.6 Å². The maximum Gasteiger partial charge on any atom is 0.339 e. The Hall–Kier alpha value is -0.770. The molecule has 0 bridgehead atoms. The number of ether oxygens (including phenoxy) is 1. The number of alkyl halides is 1. The molecule has 2 atom stereocenters. The zero-order valence-electron chi connectivity index (χ0n) is 10.7. The van der Waals surface area contributed by atoms with Gasteiger partial charge in [-0.1, -0.05) is 44.7 Å². The summed E-state index contributed by atoms with van der Waals surface area (Å²) < 4.78 is 5.06.